The Bertz CT molecular complexity index is 931. The minimum atomic E-state index is -0.911. The number of rotatable bonds is 4. The maximum absolute atomic E-state index is 13.5. The van der Waals surface area contributed by atoms with Crippen LogP contribution in [0.4, 0.5) is 26.1 Å². The van der Waals surface area contributed by atoms with Gasteiger partial charge in [0.15, 0.2) is 17.5 Å². The largest absolute Gasteiger partial charge is 0.378 e. The Morgan fingerprint density at radius 1 is 0.889 bits per heavy atom. The fourth-order valence-electron chi connectivity index (χ4n) is 2.89. The number of halogens is 2. The topological polar surface area (TPSA) is 50.3 Å². The van der Waals surface area contributed by atoms with E-state index >= 15 is 0 Å². The van der Waals surface area contributed by atoms with Crippen LogP contribution in [-0.2, 0) is 4.74 Å². The molecule has 1 N–H and O–H groups in total. The van der Waals surface area contributed by atoms with Gasteiger partial charge in [0.25, 0.3) is 0 Å². The average molecular weight is 368 g/mol. The molecule has 2 heterocycles. The highest BCUT2D eigenvalue weighted by atomic mass is 19.2. The monoisotopic (exact) mass is 368 g/mol. The second-order valence-electron chi connectivity index (χ2n) is 6.15. The average Bonchev–Trinajstić information content (AvgIpc) is 2.72. The fourth-order valence-corrected chi connectivity index (χ4v) is 2.89. The van der Waals surface area contributed by atoms with Crippen LogP contribution in [0.3, 0.4) is 0 Å². The van der Waals surface area contributed by atoms with Crippen LogP contribution in [0, 0.1) is 11.6 Å². The molecule has 0 unspecified atom stereocenters. The third kappa shape index (κ3) is 4.03. The fraction of sp³-hybridized carbons (Fsp3) is 0.200. The van der Waals surface area contributed by atoms with Gasteiger partial charge < -0.3 is 15.0 Å². The number of benzene rings is 2. The number of morpholine rings is 1. The summed E-state index contributed by atoms with van der Waals surface area (Å²) in [5.41, 5.74) is 1.29. The van der Waals surface area contributed by atoms with Gasteiger partial charge in [0.1, 0.15) is 11.6 Å². The normalized spacial score (nSPS) is 14.2. The molecule has 0 saturated carbocycles. The van der Waals surface area contributed by atoms with Crippen LogP contribution in [0.2, 0.25) is 0 Å². The summed E-state index contributed by atoms with van der Waals surface area (Å²) in [6.45, 7) is 2.74. The van der Waals surface area contributed by atoms with Crippen molar-refractivity contribution in [1.82, 2.24) is 9.97 Å². The molecule has 0 radical (unpaired) electrons. The van der Waals surface area contributed by atoms with Gasteiger partial charge in [-0.05, 0) is 12.1 Å². The first kappa shape index (κ1) is 17.4. The van der Waals surface area contributed by atoms with Crippen molar-refractivity contribution >= 4 is 17.3 Å². The highest BCUT2D eigenvalue weighted by Crippen LogP contribution is 2.25. The van der Waals surface area contributed by atoms with Crippen molar-refractivity contribution in [1.29, 1.82) is 0 Å². The van der Waals surface area contributed by atoms with E-state index in [2.05, 4.69) is 20.2 Å². The third-order valence-electron chi connectivity index (χ3n) is 4.27. The summed E-state index contributed by atoms with van der Waals surface area (Å²) in [5, 5.41) is 3.05. The molecule has 27 heavy (non-hydrogen) atoms. The van der Waals surface area contributed by atoms with Crippen molar-refractivity contribution in [2.75, 3.05) is 36.5 Å². The lowest BCUT2D eigenvalue weighted by Crippen LogP contribution is -2.36. The number of nitrogens with zero attached hydrogens (tertiary/aromatic N) is 3. The summed E-state index contributed by atoms with van der Waals surface area (Å²) in [5.74, 6) is 0.0335. The van der Waals surface area contributed by atoms with E-state index in [0.717, 1.165) is 36.6 Å². The zero-order valence-electron chi connectivity index (χ0n) is 14.5. The van der Waals surface area contributed by atoms with E-state index < -0.39 is 11.6 Å². The third-order valence-corrected chi connectivity index (χ3v) is 4.27. The smallest absolute Gasteiger partial charge is 0.163 e. The maximum Gasteiger partial charge on any atom is 0.163 e. The Balaban J connectivity index is 1.71. The molecule has 0 spiro atoms. The predicted molar refractivity (Wildman–Crippen MR) is 100 cm³/mol. The SMILES string of the molecule is Fc1ccc(Nc2cc(N3CCOCC3)nc(-c3ccccc3)n2)cc1F. The van der Waals surface area contributed by atoms with Crippen molar-refractivity contribution in [2.45, 2.75) is 0 Å². The van der Waals surface area contributed by atoms with E-state index in [4.69, 9.17) is 4.74 Å². The van der Waals surface area contributed by atoms with E-state index in [1.165, 1.54) is 6.07 Å². The van der Waals surface area contributed by atoms with Gasteiger partial charge in [-0.1, -0.05) is 30.3 Å². The van der Waals surface area contributed by atoms with E-state index in [-0.39, 0.29) is 0 Å². The lowest BCUT2D eigenvalue weighted by Gasteiger charge is -2.28. The second-order valence-corrected chi connectivity index (χ2v) is 6.15. The summed E-state index contributed by atoms with van der Waals surface area (Å²) in [7, 11) is 0. The van der Waals surface area contributed by atoms with E-state index in [9.17, 15) is 8.78 Å². The Hall–Kier alpha value is -3.06. The van der Waals surface area contributed by atoms with Gasteiger partial charge in [-0.15, -0.1) is 0 Å². The highest BCUT2D eigenvalue weighted by molar-refractivity contribution is 5.65. The first-order valence-electron chi connectivity index (χ1n) is 8.68. The van der Waals surface area contributed by atoms with Gasteiger partial charge in [0.2, 0.25) is 0 Å². The van der Waals surface area contributed by atoms with Gasteiger partial charge in [-0.25, -0.2) is 18.7 Å². The second kappa shape index (κ2) is 7.67. The molecule has 3 aromatic rings. The molecular formula is C20H18F2N4O. The molecule has 5 nitrogen and oxygen atoms in total. The molecule has 1 aliphatic heterocycles. The van der Waals surface area contributed by atoms with Crippen molar-refractivity contribution in [2.24, 2.45) is 0 Å². The molecule has 1 aromatic heterocycles. The van der Waals surface area contributed by atoms with Gasteiger partial charge >= 0.3 is 0 Å². The zero-order valence-corrected chi connectivity index (χ0v) is 14.5. The van der Waals surface area contributed by atoms with Crippen molar-refractivity contribution < 1.29 is 13.5 Å². The first-order chi connectivity index (χ1) is 13.2. The zero-order chi connectivity index (χ0) is 18.6. The summed E-state index contributed by atoms with van der Waals surface area (Å²) in [4.78, 5) is 11.4. The Morgan fingerprint density at radius 2 is 1.67 bits per heavy atom. The van der Waals surface area contributed by atoms with E-state index in [1.807, 2.05) is 30.3 Å². The van der Waals surface area contributed by atoms with Gasteiger partial charge in [0, 0.05) is 36.5 Å². The van der Waals surface area contributed by atoms with Crippen LogP contribution >= 0.6 is 0 Å². The van der Waals surface area contributed by atoms with Crippen molar-refractivity contribution in [3.05, 3.63) is 66.2 Å². The summed E-state index contributed by atoms with van der Waals surface area (Å²) in [6.07, 6.45) is 0. The van der Waals surface area contributed by atoms with Crippen LogP contribution in [0.25, 0.3) is 11.4 Å². The van der Waals surface area contributed by atoms with E-state index in [0.29, 0.717) is 30.5 Å². The molecule has 7 heteroatoms. The van der Waals surface area contributed by atoms with Gasteiger partial charge in [-0.2, -0.15) is 0 Å². The molecular weight excluding hydrogens is 350 g/mol. The number of hydrogen-bond acceptors (Lipinski definition) is 5. The molecule has 0 atom stereocenters. The Kier molecular flexibility index (Phi) is 4.93. The predicted octanol–water partition coefficient (Wildman–Crippen LogP) is 4.00. The molecule has 0 aliphatic carbocycles. The molecule has 2 aromatic carbocycles. The van der Waals surface area contributed by atoms with E-state index in [1.54, 1.807) is 6.07 Å². The first-order valence-corrected chi connectivity index (χ1v) is 8.68. The van der Waals surface area contributed by atoms with Crippen LogP contribution < -0.4 is 10.2 Å². The van der Waals surface area contributed by atoms with Crippen LogP contribution in [0.1, 0.15) is 0 Å². The number of hydrogen-bond donors (Lipinski definition) is 1. The Morgan fingerprint density at radius 3 is 2.41 bits per heavy atom. The molecule has 1 fully saturated rings. The highest BCUT2D eigenvalue weighted by Gasteiger charge is 2.16. The number of anilines is 3. The van der Waals surface area contributed by atoms with Crippen LogP contribution in [0.15, 0.2) is 54.6 Å². The Labute approximate surface area is 155 Å². The lowest BCUT2D eigenvalue weighted by atomic mass is 10.2. The minimum Gasteiger partial charge on any atom is -0.378 e. The molecule has 4 rings (SSSR count). The number of ether oxygens (including phenoxy) is 1. The molecule has 1 aliphatic rings. The van der Waals surface area contributed by atoms with Gasteiger partial charge in [0.05, 0.1) is 13.2 Å². The minimum absolute atomic E-state index is 0.416. The van der Waals surface area contributed by atoms with Gasteiger partial charge in [-0.3, -0.25) is 0 Å². The quantitative estimate of drug-likeness (QED) is 0.754. The molecule has 0 bridgehead atoms. The lowest BCUT2D eigenvalue weighted by molar-refractivity contribution is 0.122. The van der Waals surface area contributed by atoms with Crippen molar-refractivity contribution in [3.8, 4) is 11.4 Å². The molecule has 0 amide bonds. The number of nitrogens with one attached hydrogen (secondary N) is 1. The van der Waals surface area contributed by atoms with Crippen LogP contribution in [0.5, 0.6) is 0 Å². The summed E-state index contributed by atoms with van der Waals surface area (Å²) >= 11 is 0. The molecule has 138 valence electrons. The maximum atomic E-state index is 13.5. The summed E-state index contributed by atoms with van der Waals surface area (Å²) < 4.78 is 32.1. The number of aromatic nitrogens is 2. The molecule has 1 saturated heterocycles. The van der Waals surface area contributed by atoms with Crippen LogP contribution in [-0.4, -0.2) is 36.3 Å². The standard InChI is InChI=1S/C20H18F2N4O/c21-16-7-6-15(12-17(16)22)23-18-13-19(26-8-10-27-11-9-26)25-20(24-18)14-4-2-1-3-5-14/h1-7,12-13H,8-11H2,(H,23,24,25). The summed E-state index contributed by atoms with van der Waals surface area (Å²) in [6, 6.07) is 15.1. The van der Waals surface area contributed by atoms with Crippen molar-refractivity contribution in [3.63, 3.8) is 0 Å².